The molecule has 0 atom stereocenters. The molecule has 0 unspecified atom stereocenters. The van der Waals surface area contributed by atoms with E-state index in [1.54, 1.807) is 23.6 Å². The van der Waals surface area contributed by atoms with Crippen LogP contribution in [0.5, 0.6) is 0 Å². The van der Waals surface area contributed by atoms with Crippen molar-refractivity contribution in [1.29, 1.82) is 0 Å². The number of amides is 2. The number of aryl methyl sites for hydroxylation is 1. The number of aromatic amines is 1. The van der Waals surface area contributed by atoms with Crippen LogP contribution in [0, 0.1) is 6.92 Å². The maximum absolute atomic E-state index is 12.7. The molecule has 0 radical (unpaired) electrons. The van der Waals surface area contributed by atoms with Gasteiger partial charge in [-0.05, 0) is 31.5 Å². The topological polar surface area (TPSA) is 95.6 Å². The Hall–Kier alpha value is -2.52. The Morgan fingerprint density at radius 3 is 2.58 bits per heavy atom. The lowest BCUT2D eigenvalue weighted by Gasteiger charge is -2.34. The molecule has 3 rings (SSSR count). The number of hydrogen-bond donors (Lipinski definition) is 1. The van der Waals surface area contributed by atoms with Gasteiger partial charge in [0.25, 0.3) is 5.56 Å². The van der Waals surface area contributed by atoms with Crippen molar-refractivity contribution in [3.63, 3.8) is 0 Å². The van der Waals surface area contributed by atoms with Crippen LogP contribution in [0.3, 0.4) is 0 Å². The molecule has 1 aromatic carbocycles. The lowest BCUT2D eigenvalue weighted by atomic mass is 10.1. The number of nitrogens with one attached hydrogen (secondary N) is 1. The Balaban J connectivity index is 1.58. The second-order valence-electron chi connectivity index (χ2n) is 7.10. The number of thioether (sulfide) groups is 1. The smallest absolute Gasteiger partial charge is 0.409 e. The second-order valence-corrected chi connectivity index (χ2v) is 8.50. The van der Waals surface area contributed by atoms with Crippen molar-refractivity contribution < 1.29 is 14.3 Å². The van der Waals surface area contributed by atoms with E-state index in [1.807, 2.05) is 24.3 Å². The fourth-order valence-corrected chi connectivity index (χ4v) is 4.32. The van der Waals surface area contributed by atoms with Crippen molar-refractivity contribution in [1.82, 2.24) is 19.8 Å². The first-order valence-electron chi connectivity index (χ1n) is 10.0. The minimum absolute atomic E-state index is 0.0210. The standard InChI is InChI=1S/C21H25ClN4O4S/c1-3-30-21(29)26-9-7-25(8-10-26)18(27)12-17-14(2)23-20(24-19(17)28)31-13-15-5-4-6-16(22)11-15/h4-6,11H,3,7-10,12-13H2,1-2H3,(H,23,24,28). The molecule has 10 heteroatoms. The predicted molar refractivity (Wildman–Crippen MR) is 119 cm³/mol. The van der Waals surface area contributed by atoms with Gasteiger partial charge in [0, 0.05) is 48.2 Å². The summed E-state index contributed by atoms with van der Waals surface area (Å²) in [7, 11) is 0. The van der Waals surface area contributed by atoms with E-state index in [-0.39, 0.29) is 24.0 Å². The summed E-state index contributed by atoms with van der Waals surface area (Å²) in [6.07, 6.45) is -0.385. The molecule has 1 N–H and O–H groups in total. The Labute approximate surface area is 189 Å². The van der Waals surface area contributed by atoms with E-state index in [0.29, 0.717) is 60.0 Å². The third-order valence-corrected chi connectivity index (χ3v) is 6.13. The van der Waals surface area contributed by atoms with Gasteiger partial charge in [-0.3, -0.25) is 9.59 Å². The molecular weight excluding hydrogens is 440 g/mol. The van der Waals surface area contributed by atoms with Crippen molar-refractivity contribution in [2.75, 3.05) is 32.8 Å². The number of nitrogens with zero attached hydrogens (tertiary/aromatic N) is 3. The molecule has 1 aliphatic rings. The summed E-state index contributed by atoms with van der Waals surface area (Å²) >= 11 is 7.41. The van der Waals surface area contributed by atoms with Gasteiger partial charge in [-0.25, -0.2) is 9.78 Å². The summed E-state index contributed by atoms with van der Waals surface area (Å²) in [6.45, 7) is 5.47. The van der Waals surface area contributed by atoms with Crippen LogP contribution in [0.2, 0.25) is 5.02 Å². The second kappa shape index (κ2) is 10.7. The van der Waals surface area contributed by atoms with Gasteiger partial charge in [-0.15, -0.1) is 0 Å². The molecule has 1 aliphatic heterocycles. The summed E-state index contributed by atoms with van der Waals surface area (Å²) < 4.78 is 4.99. The van der Waals surface area contributed by atoms with Crippen LogP contribution in [0.25, 0.3) is 0 Å². The van der Waals surface area contributed by atoms with Crippen LogP contribution < -0.4 is 5.56 Å². The molecular formula is C21H25ClN4O4S. The molecule has 31 heavy (non-hydrogen) atoms. The fraction of sp³-hybridized carbons (Fsp3) is 0.429. The van der Waals surface area contributed by atoms with Crippen molar-refractivity contribution in [3.8, 4) is 0 Å². The molecule has 0 bridgehead atoms. The normalized spacial score (nSPS) is 13.9. The van der Waals surface area contributed by atoms with E-state index < -0.39 is 0 Å². The summed E-state index contributed by atoms with van der Waals surface area (Å²) in [5, 5.41) is 1.16. The van der Waals surface area contributed by atoms with Crippen molar-refractivity contribution in [2.24, 2.45) is 0 Å². The zero-order chi connectivity index (χ0) is 22.4. The van der Waals surface area contributed by atoms with Crippen molar-refractivity contribution in [3.05, 3.63) is 56.5 Å². The average Bonchev–Trinajstić information content (AvgIpc) is 2.75. The number of benzene rings is 1. The van der Waals surface area contributed by atoms with Gasteiger partial charge in [-0.1, -0.05) is 35.5 Å². The molecule has 2 aromatic rings. The van der Waals surface area contributed by atoms with Gasteiger partial charge in [-0.2, -0.15) is 0 Å². The lowest BCUT2D eigenvalue weighted by molar-refractivity contribution is -0.132. The Morgan fingerprint density at radius 1 is 1.23 bits per heavy atom. The number of piperazine rings is 1. The van der Waals surface area contributed by atoms with E-state index in [2.05, 4.69) is 9.97 Å². The zero-order valence-corrected chi connectivity index (χ0v) is 19.1. The van der Waals surface area contributed by atoms with Gasteiger partial charge < -0.3 is 19.5 Å². The fourth-order valence-electron chi connectivity index (χ4n) is 3.26. The molecule has 0 spiro atoms. The van der Waals surface area contributed by atoms with Crippen molar-refractivity contribution in [2.45, 2.75) is 31.2 Å². The Morgan fingerprint density at radius 2 is 1.94 bits per heavy atom. The molecule has 1 fully saturated rings. The molecule has 0 aliphatic carbocycles. The third kappa shape index (κ3) is 6.24. The van der Waals surface area contributed by atoms with Crippen LogP contribution in [-0.2, 0) is 21.7 Å². The van der Waals surface area contributed by atoms with Gasteiger partial charge >= 0.3 is 6.09 Å². The van der Waals surface area contributed by atoms with Gasteiger partial charge in [0.15, 0.2) is 5.16 Å². The first-order valence-corrected chi connectivity index (χ1v) is 11.4. The maximum Gasteiger partial charge on any atom is 0.409 e. The Bertz CT molecular complexity index is 1010. The quantitative estimate of drug-likeness (QED) is 0.521. The first kappa shape index (κ1) is 23.1. The molecule has 1 aromatic heterocycles. The molecule has 166 valence electrons. The van der Waals surface area contributed by atoms with E-state index in [1.165, 1.54) is 11.8 Å². The first-order chi connectivity index (χ1) is 14.9. The number of halogens is 1. The van der Waals surface area contributed by atoms with E-state index in [9.17, 15) is 14.4 Å². The highest BCUT2D eigenvalue weighted by Gasteiger charge is 2.26. The van der Waals surface area contributed by atoms with Crippen LogP contribution in [0.15, 0.2) is 34.2 Å². The van der Waals surface area contributed by atoms with Gasteiger partial charge in [0.05, 0.1) is 13.0 Å². The highest BCUT2D eigenvalue weighted by atomic mass is 35.5. The number of ether oxygens (including phenoxy) is 1. The van der Waals surface area contributed by atoms with Gasteiger partial charge in [0.2, 0.25) is 5.91 Å². The SMILES string of the molecule is CCOC(=O)N1CCN(C(=O)Cc2c(C)nc(SCc3cccc(Cl)c3)[nH]c2=O)CC1. The average molecular weight is 465 g/mol. The highest BCUT2D eigenvalue weighted by Crippen LogP contribution is 2.21. The van der Waals surface area contributed by atoms with Crippen LogP contribution >= 0.6 is 23.4 Å². The minimum Gasteiger partial charge on any atom is -0.450 e. The summed E-state index contributed by atoms with van der Waals surface area (Å²) in [4.78, 5) is 47.5. The number of H-pyrrole nitrogens is 1. The van der Waals surface area contributed by atoms with Crippen LogP contribution in [0.4, 0.5) is 4.79 Å². The highest BCUT2D eigenvalue weighted by molar-refractivity contribution is 7.98. The van der Waals surface area contributed by atoms with E-state index >= 15 is 0 Å². The maximum atomic E-state index is 12.7. The molecule has 2 amide bonds. The number of carbonyl (C=O) groups excluding carboxylic acids is 2. The number of aromatic nitrogens is 2. The van der Waals surface area contributed by atoms with Crippen LogP contribution in [-0.4, -0.2) is 64.6 Å². The number of hydrogen-bond acceptors (Lipinski definition) is 6. The zero-order valence-electron chi connectivity index (χ0n) is 17.5. The predicted octanol–water partition coefficient (Wildman–Crippen LogP) is 2.87. The number of carbonyl (C=O) groups is 2. The summed E-state index contributed by atoms with van der Waals surface area (Å²) in [5.74, 6) is 0.463. The minimum atomic E-state index is -0.364. The summed E-state index contributed by atoms with van der Waals surface area (Å²) in [5.41, 5.74) is 1.62. The number of rotatable bonds is 6. The van der Waals surface area contributed by atoms with Crippen molar-refractivity contribution >= 4 is 35.4 Å². The largest absolute Gasteiger partial charge is 0.450 e. The third-order valence-electron chi connectivity index (χ3n) is 4.95. The lowest BCUT2D eigenvalue weighted by Crippen LogP contribution is -2.51. The van der Waals surface area contributed by atoms with Crippen LogP contribution in [0.1, 0.15) is 23.7 Å². The summed E-state index contributed by atoms with van der Waals surface area (Å²) in [6, 6.07) is 7.51. The molecule has 8 nitrogen and oxygen atoms in total. The molecule has 1 saturated heterocycles. The molecule has 2 heterocycles. The van der Waals surface area contributed by atoms with E-state index in [4.69, 9.17) is 16.3 Å². The molecule has 0 saturated carbocycles. The Kier molecular flexibility index (Phi) is 7.97. The monoisotopic (exact) mass is 464 g/mol. The van der Waals surface area contributed by atoms with E-state index in [0.717, 1.165) is 5.56 Å². The van der Waals surface area contributed by atoms with Gasteiger partial charge in [0.1, 0.15) is 0 Å².